The molecule has 0 radical (unpaired) electrons. The van der Waals surface area contributed by atoms with Crippen LogP contribution in [-0.4, -0.2) is 32.3 Å². The molecular formula is C12H15Br2NO3. The highest BCUT2D eigenvalue weighted by Crippen LogP contribution is 2.27. The Morgan fingerprint density at radius 2 is 1.78 bits per heavy atom. The summed E-state index contributed by atoms with van der Waals surface area (Å²) in [6.45, 7) is 1.95. The van der Waals surface area contributed by atoms with E-state index in [0.29, 0.717) is 17.1 Å². The fourth-order valence-electron chi connectivity index (χ4n) is 1.44. The molecule has 1 aromatic carbocycles. The number of nitrogens with one attached hydrogen (secondary N) is 1. The second-order valence-electron chi connectivity index (χ2n) is 4.03. The summed E-state index contributed by atoms with van der Waals surface area (Å²) < 4.78 is 0. The molecule has 1 amide bonds. The standard InChI is InChI=1S/C12H15Br2NO3/c1-2-12(6-13,7-14)15-11(18)10-8(16)4-3-5-9(10)17/h3-5,16-17H,2,6-7H2,1H3,(H,15,18). The maximum atomic E-state index is 12.1. The van der Waals surface area contributed by atoms with E-state index in [0.717, 1.165) is 0 Å². The van der Waals surface area contributed by atoms with Crippen molar-refractivity contribution in [3.05, 3.63) is 23.8 Å². The molecule has 0 fully saturated rings. The first-order valence-corrected chi connectivity index (χ1v) is 7.69. The van der Waals surface area contributed by atoms with E-state index in [4.69, 9.17) is 0 Å². The average molecular weight is 381 g/mol. The number of phenols is 2. The first kappa shape index (κ1) is 15.3. The van der Waals surface area contributed by atoms with Gasteiger partial charge in [-0.2, -0.15) is 0 Å². The molecule has 0 aliphatic rings. The second kappa shape index (κ2) is 6.43. The van der Waals surface area contributed by atoms with Crippen LogP contribution < -0.4 is 5.32 Å². The molecule has 6 heteroatoms. The number of aromatic hydroxyl groups is 2. The highest BCUT2D eigenvalue weighted by atomic mass is 79.9. The molecule has 100 valence electrons. The Hall–Kier alpha value is -0.750. The van der Waals surface area contributed by atoms with Gasteiger partial charge in [-0.3, -0.25) is 4.79 Å². The van der Waals surface area contributed by atoms with Crippen molar-refractivity contribution in [1.82, 2.24) is 5.32 Å². The first-order valence-electron chi connectivity index (χ1n) is 5.45. The molecule has 1 rings (SSSR count). The molecular weight excluding hydrogens is 366 g/mol. The number of phenolic OH excluding ortho intramolecular Hbond substituents is 2. The normalized spacial score (nSPS) is 11.3. The largest absolute Gasteiger partial charge is 0.507 e. The molecule has 0 aliphatic carbocycles. The van der Waals surface area contributed by atoms with Gasteiger partial charge in [-0.05, 0) is 18.6 Å². The molecule has 4 nitrogen and oxygen atoms in total. The van der Waals surface area contributed by atoms with Crippen LogP contribution in [0.2, 0.25) is 0 Å². The van der Waals surface area contributed by atoms with Gasteiger partial charge < -0.3 is 15.5 Å². The monoisotopic (exact) mass is 379 g/mol. The Bertz CT molecular complexity index is 405. The van der Waals surface area contributed by atoms with Gasteiger partial charge in [-0.25, -0.2) is 0 Å². The topological polar surface area (TPSA) is 69.6 Å². The van der Waals surface area contributed by atoms with Crippen LogP contribution in [0, 0.1) is 0 Å². The molecule has 0 bridgehead atoms. The summed E-state index contributed by atoms with van der Waals surface area (Å²) in [5, 5.41) is 23.2. The van der Waals surface area contributed by atoms with Gasteiger partial charge in [0.25, 0.3) is 5.91 Å². The molecule has 0 saturated heterocycles. The Labute approximate surface area is 123 Å². The average Bonchev–Trinajstić information content (AvgIpc) is 2.36. The molecule has 0 unspecified atom stereocenters. The molecule has 0 aliphatic heterocycles. The zero-order chi connectivity index (χ0) is 13.8. The van der Waals surface area contributed by atoms with Gasteiger partial charge in [0.15, 0.2) is 0 Å². The number of halogens is 2. The fourth-order valence-corrected chi connectivity index (χ4v) is 3.45. The van der Waals surface area contributed by atoms with E-state index in [9.17, 15) is 15.0 Å². The second-order valence-corrected chi connectivity index (χ2v) is 5.15. The molecule has 0 saturated carbocycles. The van der Waals surface area contributed by atoms with Crippen molar-refractivity contribution >= 4 is 37.8 Å². The van der Waals surface area contributed by atoms with E-state index in [-0.39, 0.29) is 17.1 Å². The molecule has 0 heterocycles. The van der Waals surface area contributed by atoms with Gasteiger partial charge in [-0.1, -0.05) is 44.8 Å². The number of hydrogen-bond acceptors (Lipinski definition) is 3. The Balaban J connectivity index is 3.02. The number of rotatable bonds is 5. The predicted molar refractivity (Wildman–Crippen MR) is 77.8 cm³/mol. The van der Waals surface area contributed by atoms with Crippen LogP contribution in [0.5, 0.6) is 11.5 Å². The smallest absolute Gasteiger partial charge is 0.259 e. The quantitative estimate of drug-likeness (QED) is 0.688. The molecule has 0 aromatic heterocycles. The van der Waals surface area contributed by atoms with Gasteiger partial charge in [0.05, 0.1) is 5.54 Å². The summed E-state index contributed by atoms with van der Waals surface area (Å²) in [6, 6.07) is 4.21. The van der Waals surface area contributed by atoms with Crippen molar-refractivity contribution in [2.75, 3.05) is 10.7 Å². The molecule has 1 aromatic rings. The van der Waals surface area contributed by atoms with Crippen molar-refractivity contribution < 1.29 is 15.0 Å². The minimum absolute atomic E-state index is 0.0998. The number of carbonyl (C=O) groups excluding carboxylic acids is 1. The van der Waals surface area contributed by atoms with Crippen LogP contribution in [0.1, 0.15) is 23.7 Å². The van der Waals surface area contributed by atoms with Crippen LogP contribution >= 0.6 is 31.9 Å². The summed E-state index contributed by atoms with van der Waals surface area (Å²) in [5.41, 5.74) is -0.552. The minimum atomic E-state index is -0.494. The summed E-state index contributed by atoms with van der Waals surface area (Å²) in [5.74, 6) is -0.963. The number of alkyl halides is 2. The van der Waals surface area contributed by atoms with Crippen LogP contribution in [0.25, 0.3) is 0 Å². The van der Waals surface area contributed by atoms with Crippen LogP contribution in [-0.2, 0) is 0 Å². The van der Waals surface area contributed by atoms with E-state index in [1.165, 1.54) is 18.2 Å². The maximum Gasteiger partial charge on any atom is 0.259 e. The highest BCUT2D eigenvalue weighted by Gasteiger charge is 2.29. The van der Waals surface area contributed by atoms with Gasteiger partial charge in [0, 0.05) is 10.7 Å². The van der Waals surface area contributed by atoms with Crippen LogP contribution in [0.4, 0.5) is 0 Å². The lowest BCUT2D eigenvalue weighted by atomic mass is 10.0. The lowest BCUT2D eigenvalue weighted by molar-refractivity contribution is 0.0910. The van der Waals surface area contributed by atoms with Crippen LogP contribution in [0.3, 0.4) is 0 Å². The zero-order valence-electron chi connectivity index (χ0n) is 9.91. The molecule has 18 heavy (non-hydrogen) atoms. The number of benzene rings is 1. The Morgan fingerprint density at radius 3 is 2.17 bits per heavy atom. The summed E-state index contributed by atoms with van der Waals surface area (Å²) in [6.07, 6.45) is 0.712. The Morgan fingerprint density at radius 1 is 1.28 bits per heavy atom. The Kier molecular flexibility index (Phi) is 5.47. The zero-order valence-corrected chi connectivity index (χ0v) is 13.1. The lowest BCUT2D eigenvalue weighted by Gasteiger charge is -2.30. The van der Waals surface area contributed by atoms with Gasteiger partial charge >= 0.3 is 0 Å². The van der Waals surface area contributed by atoms with Crippen molar-refractivity contribution in [2.24, 2.45) is 0 Å². The number of carbonyl (C=O) groups is 1. The van der Waals surface area contributed by atoms with E-state index in [1.54, 1.807) is 0 Å². The van der Waals surface area contributed by atoms with E-state index >= 15 is 0 Å². The first-order chi connectivity index (χ1) is 8.49. The van der Waals surface area contributed by atoms with E-state index in [1.807, 2.05) is 6.92 Å². The van der Waals surface area contributed by atoms with Gasteiger partial charge in [0.1, 0.15) is 17.1 Å². The van der Waals surface area contributed by atoms with Crippen molar-refractivity contribution in [3.8, 4) is 11.5 Å². The third kappa shape index (κ3) is 3.17. The predicted octanol–water partition coefficient (Wildman–Crippen LogP) is 2.77. The minimum Gasteiger partial charge on any atom is -0.507 e. The summed E-state index contributed by atoms with van der Waals surface area (Å²) >= 11 is 6.72. The third-order valence-electron chi connectivity index (χ3n) is 2.81. The number of amides is 1. The van der Waals surface area contributed by atoms with E-state index in [2.05, 4.69) is 37.2 Å². The van der Waals surface area contributed by atoms with Crippen molar-refractivity contribution in [2.45, 2.75) is 18.9 Å². The summed E-state index contributed by atoms with van der Waals surface area (Å²) in [4.78, 5) is 12.1. The SMILES string of the molecule is CCC(CBr)(CBr)NC(=O)c1c(O)cccc1O. The highest BCUT2D eigenvalue weighted by molar-refractivity contribution is 9.09. The van der Waals surface area contributed by atoms with Crippen LogP contribution in [0.15, 0.2) is 18.2 Å². The van der Waals surface area contributed by atoms with Gasteiger partial charge in [0.2, 0.25) is 0 Å². The number of hydrogen-bond donors (Lipinski definition) is 3. The fraction of sp³-hybridized carbons (Fsp3) is 0.417. The third-order valence-corrected chi connectivity index (χ3v) is 4.96. The lowest BCUT2D eigenvalue weighted by Crippen LogP contribution is -2.51. The molecule has 3 N–H and O–H groups in total. The molecule has 0 atom stereocenters. The summed E-state index contributed by atoms with van der Waals surface area (Å²) in [7, 11) is 0. The van der Waals surface area contributed by atoms with Crippen molar-refractivity contribution in [3.63, 3.8) is 0 Å². The van der Waals surface area contributed by atoms with Gasteiger partial charge in [-0.15, -0.1) is 0 Å². The molecule has 0 spiro atoms. The van der Waals surface area contributed by atoms with Crippen molar-refractivity contribution in [1.29, 1.82) is 0 Å². The van der Waals surface area contributed by atoms with E-state index < -0.39 is 11.4 Å². The maximum absolute atomic E-state index is 12.1.